The second-order valence-electron chi connectivity index (χ2n) is 9.17. The van der Waals surface area contributed by atoms with Crippen molar-refractivity contribution in [2.45, 2.75) is 51.4 Å². The molecule has 1 N–H and O–H groups in total. The van der Waals surface area contributed by atoms with Gasteiger partial charge < -0.3 is 10.2 Å². The maximum absolute atomic E-state index is 13.8. The lowest BCUT2D eigenvalue weighted by Gasteiger charge is -2.43. The second-order valence-corrected chi connectivity index (χ2v) is 9.60. The molecule has 2 saturated carbocycles. The van der Waals surface area contributed by atoms with E-state index in [0.717, 1.165) is 49.3 Å². The summed E-state index contributed by atoms with van der Waals surface area (Å²) < 4.78 is 0. The molecule has 1 saturated heterocycles. The van der Waals surface area contributed by atoms with Crippen molar-refractivity contribution in [1.82, 2.24) is 10.2 Å². The fourth-order valence-electron chi connectivity index (χ4n) is 6.05. The molecule has 1 amide bonds. The van der Waals surface area contributed by atoms with Crippen molar-refractivity contribution in [2.24, 2.45) is 23.2 Å². The van der Waals surface area contributed by atoms with E-state index in [9.17, 15) is 4.79 Å². The number of piperidine rings is 1. The number of carbonyl (C=O) groups is 1. The molecular formula is C23H34Cl2N2O. The van der Waals surface area contributed by atoms with Gasteiger partial charge in [0.1, 0.15) is 0 Å². The number of halogens is 2. The van der Waals surface area contributed by atoms with E-state index in [1.165, 1.54) is 44.1 Å². The molecule has 0 radical (unpaired) electrons. The van der Waals surface area contributed by atoms with E-state index in [4.69, 9.17) is 11.6 Å². The third kappa shape index (κ3) is 4.37. The highest BCUT2D eigenvalue weighted by atomic mass is 35.5. The number of nitrogens with one attached hydrogen (secondary N) is 1. The first kappa shape index (κ1) is 21.9. The molecule has 1 heterocycles. The molecular weight excluding hydrogens is 391 g/mol. The van der Waals surface area contributed by atoms with Gasteiger partial charge in [0, 0.05) is 18.1 Å². The predicted molar refractivity (Wildman–Crippen MR) is 118 cm³/mol. The van der Waals surface area contributed by atoms with Crippen molar-refractivity contribution in [3.63, 3.8) is 0 Å². The van der Waals surface area contributed by atoms with Crippen molar-refractivity contribution >= 4 is 29.9 Å². The van der Waals surface area contributed by atoms with Crippen molar-refractivity contribution < 1.29 is 4.79 Å². The van der Waals surface area contributed by atoms with E-state index in [-0.39, 0.29) is 17.8 Å². The summed E-state index contributed by atoms with van der Waals surface area (Å²) in [5.74, 6) is 2.57. The smallest absolute Gasteiger partial charge is 0.229 e. The zero-order valence-corrected chi connectivity index (χ0v) is 18.5. The highest BCUT2D eigenvalue weighted by Gasteiger charge is 2.56. The maximum atomic E-state index is 13.8. The molecule has 5 heteroatoms. The second kappa shape index (κ2) is 9.36. The van der Waals surface area contributed by atoms with E-state index in [1.54, 1.807) is 0 Å². The van der Waals surface area contributed by atoms with Gasteiger partial charge in [-0.15, -0.1) is 12.4 Å². The standard InChI is InChI=1S/C23H33ClN2O.ClH/c1-25-11-8-17-9-12-26(13-10-17)22(27)23(16-19-2-5-20(23)14-19)15-18-3-6-21(24)7-4-18;/h3-4,6-7,17,19-20,25H,2,5,8-16H2,1H3;1H. The topological polar surface area (TPSA) is 32.3 Å². The zero-order valence-electron chi connectivity index (χ0n) is 17.0. The molecule has 3 nitrogen and oxygen atoms in total. The van der Waals surface area contributed by atoms with Crippen molar-refractivity contribution in [1.29, 1.82) is 0 Å². The molecule has 3 unspecified atom stereocenters. The summed E-state index contributed by atoms with van der Waals surface area (Å²) in [4.78, 5) is 16.0. The lowest BCUT2D eigenvalue weighted by atomic mass is 9.68. The fourth-order valence-corrected chi connectivity index (χ4v) is 6.18. The molecule has 0 spiro atoms. The van der Waals surface area contributed by atoms with Crippen LogP contribution >= 0.6 is 24.0 Å². The van der Waals surface area contributed by atoms with Crippen LogP contribution in [0.5, 0.6) is 0 Å². The summed E-state index contributed by atoms with van der Waals surface area (Å²) in [6, 6.07) is 8.17. The third-order valence-electron chi connectivity index (χ3n) is 7.54. The van der Waals surface area contributed by atoms with Crippen LogP contribution in [0.3, 0.4) is 0 Å². The molecule has 1 aliphatic heterocycles. The maximum Gasteiger partial charge on any atom is 0.229 e. The third-order valence-corrected chi connectivity index (χ3v) is 7.79. The molecule has 3 atom stereocenters. The van der Waals surface area contributed by atoms with Gasteiger partial charge in [0.15, 0.2) is 0 Å². The van der Waals surface area contributed by atoms with Crippen LogP contribution < -0.4 is 5.32 Å². The van der Waals surface area contributed by atoms with Crippen LogP contribution in [0.4, 0.5) is 0 Å². The van der Waals surface area contributed by atoms with E-state index in [1.807, 2.05) is 19.2 Å². The van der Waals surface area contributed by atoms with Crippen LogP contribution in [0.25, 0.3) is 0 Å². The van der Waals surface area contributed by atoms with Crippen LogP contribution in [-0.4, -0.2) is 37.5 Å². The normalized spacial score (nSPS) is 29.7. The monoisotopic (exact) mass is 424 g/mol. The van der Waals surface area contributed by atoms with Gasteiger partial charge in [-0.25, -0.2) is 0 Å². The number of likely N-dealkylation sites (tertiary alicyclic amines) is 1. The molecule has 156 valence electrons. The lowest BCUT2D eigenvalue weighted by Crippen LogP contribution is -2.50. The van der Waals surface area contributed by atoms with Gasteiger partial charge in [-0.1, -0.05) is 30.2 Å². The van der Waals surface area contributed by atoms with E-state index >= 15 is 0 Å². The number of rotatable bonds is 6. The Morgan fingerprint density at radius 1 is 1.18 bits per heavy atom. The zero-order chi connectivity index (χ0) is 18.9. The Labute approximate surface area is 181 Å². The number of fused-ring (bicyclic) bond motifs is 2. The van der Waals surface area contributed by atoms with Gasteiger partial charge in [-0.2, -0.15) is 0 Å². The fraction of sp³-hybridized carbons (Fsp3) is 0.696. The number of benzene rings is 1. The van der Waals surface area contributed by atoms with Crippen molar-refractivity contribution in [2.75, 3.05) is 26.7 Å². The average molecular weight is 425 g/mol. The number of hydrogen-bond donors (Lipinski definition) is 1. The minimum atomic E-state index is -0.158. The Bertz CT molecular complexity index is 657. The lowest BCUT2D eigenvalue weighted by molar-refractivity contribution is -0.147. The Balaban J connectivity index is 0.00000225. The molecule has 1 aromatic carbocycles. The number of hydrogen-bond acceptors (Lipinski definition) is 2. The largest absolute Gasteiger partial charge is 0.342 e. The Morgan fingerprint density at radius 2 is 1.89 bits per heavy atom. The van der Waals surface area contributed by atoms with Crippen LogP contribution in [0.2, 0.25) is 5.02 Å². The van der Waals surface area contributed by atoms with Gasteiger partial charge in [0.25, 0.3) is 0 Å². The summed E-state index contributed by atoms with van der Waals surface area (Å²) in [7, 11) is 2.02. The molecule has 4 rings (SSSR count). The highest BCUT2D eigenvalue weighted by Crippen LogP contribution is 2.58. The van der Waals surface area contributed by atoms with Crippen LogP contribution in [0, 0.1) is 23.2 Å². The molecule has 2 aliphatic carbocycles. The first-order chi connectivity index (χ1) is 13.1. The van der Waals surface area contributed by atoms with Gasteiger partial charge in [0.05, 0.1) is 5.41 Å². The highest BCUT2D eigenvalue weighted by molar-refractivity contribution is 6.30. The number of nitrogens with zero attached hydrogens (tertiary/aromatic N) is 1. The molecule has 2 bridgehead atoms. The van der Waals surface area contributed by atoms with Gasteiger partial charge in [-0.05, 0) is 94.0 Å². The van der Waals surface area contributed by atoms with Crippen molar-refractivity contribution in [3.8, 4) is 0 Å². The van der Waals surface area contributed by atoms with Crippen LogP contribution in [0.1, 0.15) is 50.5 Å². The van der Waals surface area contributed by atoms with E-state index in [0.29, 0.717) is 11.8 Å². The molecule has 28 heavy (non-hydrogen) atoms. The minimum Gasteiger partial charge on any atom is -0.342 e. The Hall–Kier alpha value is -0.770. The summed E-state index contributed by atoms with van der Waals surface area (Å²) in [6.45, 7) is 2.99. The van der Waals surface area contributed by atoms with Crippen molar-refractivity contribution in [3.05, 3.63) is 34.9 Å². The molecule has 1 aromatic rings. The molecule has 0 aromatic heterocycles. The average Bonchev–Trinajstić information content (AvgIpc) is 3.30. The summed E-state index contributed by atoms with van der Waals surface area (Å²) in [5.41, 5.74) is 1.11. The quantitative estimate of drug-likeness (QED) is 0.699. The predicted octanol–water partition coefficient (Wildman–Crippen LogP) is 4.96. The van der Waals surface area contributed by atoms with Gasteiger partial charge in [0.2, 0.25) is 5.91 Å². The SMILES string of the molecule is CNCCC1CCN(C(=O)C2(Cc3ccc(Cl)cc3)CC3CCC2C3)CC1.Cl. The van der Waals surface area contributed by atoms with Crippen LogP contribution in [-0.2, 0) is 11.2 Å². The van der Waals surface area contributed by atoms with E-state index < -0.39 is 0 Å². The minimum absolute atomic E-state index is 0. The van der Waals surface area contributed by atoms with Gasteiger partial charge in [-0.3, -0.25) is 4.79 Å². The number of carbonyl (C=O) groups excluding carboxylic acids is 1. The Morgan fingerprint density at radius 3 is 2.46 bits per heavy atom. The van der Waals surface area contributed by atoms with Gasteiger partial charge >= 0.3 is 0 Å². The summed E-state index contributed by atoms with van der Waals surface area (Å²) in [5, 5.41) is 4.03. The first-order valence-electron chi connectivity index (χ1n) is 10.8. The summed E-state index contributed by atoms with van der Waals surface area (Å²) >= 11 is 6.08. The number of amides is 1. The first-order valence-corrected chi connectivity index (χ1v) is 11.2. The van der Waals surface area contributed by atoms with Crippen LogP contribution in [0.15, 0.2) is 24.3 Å². The molecule has 3 fully saturated rings. The summed E-state index contributed by atoms with van der Waals surface area (Å²) in [6.07, 6.45) is 9.38. The Kier molecular flexibility index (Phi) is 7.33. The molecule has 3 aliphatic rings. The van der Waals surface area contributed by atoms with E-state index in [2.05, 4.69) is 22.3 Å².